The Hall–Kier alpha value is -2.78. The molecule has 1 N–H and O–H groups in total. The molecule has 1 aromatic heterocycles. The van der Waals surface area contributed by atoms with Gasteiger partial charge in [0.2, 0.25) is 0 Å². The summed E-state index contributed by atoms with van der Waals surface area (Å²) in [5.41, 5.74) is 1.29. The predicted octanol–water partition coefficient (Wildman–Crippen LogP) is 6.91. The van der Waals surface area contributed by atoms with Crippen LogP contribution in [0.2, 0.25) is 0 Å². The van der Waals surface area contributed by atoms with Crippen LogP contribution in [0.4, 0.5) is 13.2 Å². The topological polar surface area (TPSA) is 62.7 Å². The second kappa shape index (κ2) is 13.3. The molecular formula is C29H33F3N2O3S. The highest BCUT2D eigenvalue weighted by Crippen LogP contribution is 2.36. The van der Waals surface area contributed by atoms with E-state index in [1.807, 2.05) is 6.07 Å². The van der Waals surface area contributed by atoms with Gasteiger partial charge in [-0.2, -0.15) is 0 Å². The lowest BCUT2D eigenvalue weighted by Crippen LogP contribution is -2.42. The van der Waals surface area contributed by atoms with Crippen molar-refractivity contribution < 1.29 is 27.8 Å². The number of hydrogen-bond acceptors (Lipinski definition) is 5. The monoisotopic (exact) mass is 546 g/mol. The molecule has 3 aromatic rings. The second-order valence-electron chi connectivity index (χ2n) is 9.84. The van der Waals surface area contributed by atoms with Gasteiger partial charge in [-0.3, -0.25) is 9.78 Å². The highest BCUT2D eigenvalue weighted by Gasteiger charge is 2.31. The first-order valence-electron chi connectivity index (χ1n) is 12.9. The summed E-state index contributed by atoms with van der Waals surface area (Å²) in [6.07, 6.45) is 3.06. The van der Waals surface area contributed by atoms with Crippen molar-refractivity contribution in [3.63, 3.8) is 0 Å². The van der Waals surface area contributed by atoms with E-state index in [0.29, 0.717) is 46.9 Å². The normalized spacial score (nSPS) is 18.9. The Balaban J connectivity index is 1.31. The van der Waals surface area contributed by atoms with Crippen LogP contribution in [0.25, 0.3) is 10.9 Å². The summed E-state index contributed by atoms with van der Waals surface area (Å²) in [4.78, 5) is 18.7. The molecule has 38 heavy (non-hydrogen) atoms. The summed E-state index contributed by atoms with van der Waals surface area (Å²) in [5.74, 6) is -0.568. The average molecular weight is 547 g/mol. The largest absolute Gasteiger partial charge is 0.497 e. The van der Waals surface area contributed by atoms with E-state index in [9.17, 15) is 18.7 Å². The van der Waals surface area contributed by atoms with Gasteiger partial charge in [0.05, 0.1) is 12.6 Å². The van der Waals surface area contributed by atoms with Crippen LogP contribution in [0.5, 0.6) is 5.75 Å². The molecular weight excluding hydrogens is 513 g/mol. The van der Waals surface area contributed by atoms with E-state index >= 15 is 4.39 Å². The van der Waals surface area contributed by atoms with Crippen LogP contribution in [0, 0.1) is 23.5 Å². The second-order valence-corrected chi connectivity index (χ2v) is 11.0. The predicted molar refractivity (Wildman–Crippen MR) is 143 cm³/mol. The molecule has 1 fully saturated rings. The summed E-state index contributed by atoms with van der Waals surface area (Å²) in [5, 5.41) is 10.2. The summed E-state index contributed by atoms with van der Waals surface area (Å²) in [6.45, 7) is 2.26. The Morgan fingerprint density at radius 2 is 1.97 bits per heavy atom. The van der Waals surface area contributed by atoms with Gasteiger partial charge >= 0.3 is 5.97 Å². The van der Waals surface area contributed by atoms with Gasteiger partial charge in [0.25, 0.3) is 0 Å². The molecule has 0 bridgehead atoms. The van der Waals surface area contributed by atoms with Crippen LogP contribution in [0.3, 0.4) is 0 Å². The van der Waals surface area contributed by atoms with Crippen molar-refractivity contribution in [2.24, 2.45) is 11.8 Å². The molecule has 5 nitrogen and oxygen atoms in total. The minimum absolute atomic E-state index is 0.0484. The quantitative estimate of drug-likeness (QED) is 0.197. The molecule has 3 atom stereocenters. The Bertz CT molecular complexity index is 1220. The number of alkyl halides is 1. The highest BCUT2D eigenvalue weighted by molar-refractivity contribution is 7.99. The number of benzene rings is 2. The van der Waals surface area contributed by atoms with Crippen molar-refractivity contribution in [3.8, 4) is 5.75 Å². The van der Waals surface area contributed by atoms with Gasteiger partial charge in [0, 0.05) is 35.5 Å². The van der Waals surface area contributed by atoms with E-state index in [1.165, 1.54) is 23.9 Å². The number of methoxy groups -OCH3 is 1. The number of rotatable bonds is 12. The fourth-order valence-corrected chi connectivity index (χ4v) is 6.25. The number of aliphatic carboxylic acids is 1. The first kappa shape index (κ1) is 28.2. The number of carboxylic acid groups (broad SMARTS) is 1. The van der Waals surface area contributed by atoms with E-state index in [1.54, 1.807) is 31.5 Å². The third-order valence-electron chi connectivity index (χ3n) is 7.25. The zero-order valence-electron chi connectivity index (χ0n) is 21.4. The molecule has 0 saturated carbocycles. The molecule has 4 rings (SSSR count). The lowest BCUT2D eigenvalue weighted by atomic mass is 9.79. The molecule has 1 aliphatic heterocycles. The Morgan fingerprint density at radius 3 is 2.71 bits per heavy atom. The SMILES string of the molecule is COc1ccc2nccc([C@H](F)CC[C@@H]3CCN(CCCSc4cc(F)cc(F)c4)C[C@@H]3CC(=O)O)c2c1. The third-order valence-corrected chi connectivity index (χ3v) is 8.31. The van der Waals surface area contributed by atoms with Crippen molar-refractivity contribution >= 4 is 28.6 Å². The number of piperidine rings is 1. The maximum atomic E-state index is 15.5. The molecule has 9 heteroatoms. The molecule has 2 aromatic carbocycles. The highest BCUT2D eigenvalue weighted by atomic mass is 32.2. The molecule has 0 aliphatic carbocycles. The lowest BCUT2D eigenvalue weighted by Gasteiger charge is -2.38. The number of halogens is 3. The minimum atomic E-state index is -1.18. The first-order valence-corrected chi connectivity index (χ1v) is 13.9. The number of thioether (sulfide) groups is 1. The summed E-state index contributed by atoms with van der Waals surface area (Å²) >= 11 is 1.41. The van der Waals surface area contributed by atoms with E-state index < -0.39 is 23.8 Å². The number of pyridine rings is 1. The number of carbonyl (C=O) groups is 1. The van der Waals surface area contributed by atoms with Crippen LogP contribution in [-0.4, -0.2) is 53.5 Å². The minimum Gasteiger partial charge on any atom is -0.497 e. The van der Waals surface area contributed by atoms with E-state index in [4.69, 9.17) is 4.74 Å². The van der Waals surface area contributed by atoms with Crippen molar-refractivity contribution in [1.82, 2.24) is 9.88 Å². The van der Waals surface area contributed by atoms with Gasteiger partial charge in [-0.05, 0) is 98.3 Å². The van der Waals surface area contributed by atoms with Gasteiger partial charge in [-0.25, -0.2) is 13.2 Å². The molecule has 0 unspecified atom stereocenters. The smallest absolute Gasteiger partial charge is 0.303 e. The van der Waals surface area contributed by atoms with E-state index in [0.717, 1.165) is 37.4 Å². The zero-order chi connectivity index (χ0) is 27.1. The Kier molecular flexibility index (Phi) is 9.91. The number of ether oxygens (including phenoxy) is 1. The van der Waals surface area contributed by atoms with Gasteiger partial charge < -0.3 is 14.7 Å². The van der Waals surface area contributed by atoms with Crippen molar-refractivity contribution in [1.29, 1.82) is 0 Å². The maximum Gasteiger partial charge on any atom is 0.303 e. The number of aromatic nitrogens is 1. The van der Waals surface area contributed by atoms with Gasteiger partial charge in [0.15, 0.2) is 0 Å². The molecule has 2 heterocycles. The zero-order valence-corrected chi connectivity index (χ0v) is 22.2. The van der Waals surface area contributed by atoms with Crippen molar-refractivity contribution in [2.45, 2.75) is 43.2 Å². The van der Waals surface area contributed by atoms with Crippen molar-refractivity contribution in [3.05, 3.63) is 65.9 Å². The average Bonchev–Trinajstić information content (AvgIpc) is 2.89. The fourth-order valence-electron chi connectivity index (χ4n) is 5.35. The fraction of sp³-hybridized carbons (Fsp3) is 0.448. The number of hydrogen-bond donors (Lipinski definition) is 1. The van der Waals surface area contributed by atoms with Gasteiger partial charge in [-0.15, -0.1) is 11.8 Å². The summed E-state index contributed by atoms with van der Waals surface area (Å²) in [7, 11) is 1.57. The summed E-state index contributed by atoms with van der Waals surface area (Å²) in [6, 6.07) is 10.6. The standard InChI is InChI=1S/C29H33F3N2O3S/c1-37-23-4-6-28-26(17-23)25(7-9-33-28)27(32)5-3-19-8-11-34(18-20(19)13-29(35)36)10-2-12-38-24-15-21(30)14-22(31)16-24/h4,6-7,9,14-17,19-20,27H,2-3,5,8,10-13,18H2,1H3,(H,35,36)/t19-,20+,27-/m1/s1. The van der Waals surface area contributed by atoms with Gasteiger partial charge in [0.1, 0.15) is 23.6 Å². The third kappa shape index (κ3) is 7.63. The van der Waals surface area contributed by atoms with Crippen LogP contribution in [-0.2, 0) is 4.79 Å². The lowest BCUT2D eigenvalue weighted by molar-refractivity contribution is -0.139. The molecule has 0 spiro atoms. The Labute approximate surface area is 225 Å². The van der Waals surface area contributed by atoms with Crippen LogP contribution >= 0.6 is 11.8 Å². The number of likely N-dealkylation sites (tertiary alicyclic amines) is 1. The Morgan fingerprint density at radius 1 is 1.18 bits per heavy atom. The maximum absolute atomic E-state index is 15.5. The van der Waals surface area contributed by atoms with Crippen LogP contribution in [0.15, 0.2) is 53.6 Å². The molecule has 1 aliphatic rings. The number of carboxylic acids is 1. The van der Waals surface area contributed by atoms with E-state index in [2.05, 4.69) is 9.88 Å². The molecule has 0 amide bonds. The molecule has 1 saturated heterocycles. The van der Waals surface area contributed by atoms with Crippen LogP contribution < -0.4 is 4.74 Å². The molecule has 204 valence electrons. The molecule has 0 radical (unpaired) electrons. The van der Waals surface area contributed by atoms with E-state index in [-0.39, 0.29) is 18.3 Å². The van der Waals surface area contributed by atoms with Crippen LogP contribution in [0.1, 0.15) is 43.8 Å². The van der Waals surface area contributed by atoms with Gasteiger partial charge in [-0.1, -0.05) is 0 Å². The number of fused-ring (bicyclic) bond motifs is 1. The number of nitrogens with zero attached hydrogens (tertiary/aromatic N) is 2. The van der Waals surface area contributed by atoms with Crippen molar-refractivity contribution in [2.75, 3.05) is 32.5 Å². The summed E-state index contributed by atoms with van der Waals surface area (Å²) < 4.78 is 47.5. The first-order chi connectivity index (χ1) is 18.3.